The summed E-state index contributed by atoms with van der Waals surface area (Å²) in [6, 6.07) is 97.6. The topological polar surface area (TPSA) is 16.3 Å². The van der Waals surface area contributed by atoms with Crippen molar-refractivity contribution in [3.05, 3.63) is 266 Å². The number of nitrogens with zero attached hydrogens (tertiary/aromatic N) is 4. The van der Waals surface area contributed by atoms with Crippen LogP contribution in [-0.2, 0) is 0 Å². The maximum absolute atomic E-state index is 2.73. The Bertz CT molecular complexity index is 6260. The van der Waals surface area contributed by atoms with Crippen LogP contribution in [0.2, 0.25) is 0 Å². The molecule has 4 aliphatic rings. The van der Waals surface area contributed by atoms with Crippen molar-refractivity contribution >= 4 is 199 Å². The van der Waals surface area contributed by atoms with Gasteiger partial charge in [0.1, 0.15) is 0 Å². The summed E-state index contributed by atoms with van der Waals surface area (Å²) in [4.78, 5) is 5.23. The fourth-order valence-electron chi connectivity index (χ4n) is 17.0. The zero-order valence-corrected chi connectivity index (χ0v) is 48.8. The number of rotatable bonds is 3. The van der Waals surface area contributed by atoms with Gasteiger partial charge in [0, 0.05) is 109 Å². The SMILES string of the molecule is c1ccc2cc(N3c4cc5ccccc5cc4B4c5c3cc3ccsc3c5-c3ccc(-c5ccc6c(N7c8cc9ccsc9c9c8B(c8ccc%10ccccc%10c87)n7c8ccccc8c8cccc-9c87)cccc6c5)c5c6ccccc6n4c35)ccc2c1. The summed E-state index contributed by atoms with van der Waals surface area (Å²) in [7, 11) is 0. The van der Waals surface area contributed by atoms with Crippen molar-refractivity contribution in [3.8, 4) is 33.4 Å². The molecule has 0 saturated heterocycles. The van der Waals surface area contributed by atoms with Gasteiger partial charge >= 0.3 is 13.7 Å². The van der Waals surface area contributed by atoms with Crippen LogP contribution in [0.25, 0.3) is 140 Å². The fraction of sp³-hybridized carbons (Fsp3) is 0. The second-order valence-electron chi connectivity index (χ2n) is 24.6. The van der Waals surface area contributed by atoms with Gasteiger partial charge in [-0.3, -0.25) is 0 Å². The summed E-state index contributed by atoms with van der Waals surface area (Å²) < 4.78 is 8.11. The molecule has 0 spiro atoms. The highest BCUT2D eigenvalue weighted by molar-refractivity contribution is 7.18. The monoisotopic (exact) mass is 1150 g/mol. The molecule has 8 heterocycles. The van der Waals surface area contributed by atoms with Crippen molar-refractivity contribution in [1.29, 1.82) is 0 Å². The molecule has 88 heavy (non-hydrogen) atoms. The molecule has 14 aromatic carbocycles. The molecular weight excluding hydrogens is 1100 g/mol. The molecule has 0 bridgehead atoms. The lowest BCUT2D eigenvalue weighted by Crippen LogP contribution is -2.56. The Morgan fingerprint density at radius 3 is 1.68 bits per heavy atom. The molecule has 0 amide bonds. The zero-order chi connectivity index (χ0) is 56.8. The van der Waals surface area contributed by atoms with Crippen LogP contribution in [0.15, 0.2) is 266 Å². The van der Waals surface area contributed by atoms with Crippen LogP contribution in [0.3, 0.4) is 0 Å². The molecule has 0 atom stereocenters. The third-order valence-electron chi connectivity index (χ3n) is 20.5. The number of hydrogen-bond donors (Lipinski definition) is 0. The van der Waals surface area contributed by atoms with Gasteiger partial charge in [0.2, 0.25) is 0 Å². The summed E-state index contributed by atoms with van der Waals surface area (Å²) in [5.74, 6) is 0. The normalized spacial score (nSPS) is 13.6. The van der Waals surface area contributed by atoms with E-state index in [-0.39, 0.29) is 13.7 Å². The first-order valence-electron chi connectivity index (χ1n) is 30.5. The number of para-hydroxylation sites is 3. The minimum absolute atomic E-state index is 0.0370. The van der Waals surface area contributed by atoms with E-state index in [0.29, 0.717) is 0 Å². The van der Waals surface area contributed by atoms with Crippen LogP contribution in [0.5, 0.6) is 0 Å². The molecular formula is C80H44B2N4S2. The first kappa shape index (κ1) is 46.6. The summed E-state index contributed by atoms with van der Waals surface area (Å²) in [6.45, 7) is -0.125. The third-order valence-corrected chi connectivity index (χ3v) is 22.4. The van der Waals surface area contributed by atoms with E-state index in [1.807, 2.05) is 22.7 Å². The molecule has 0 unspecified atom stereocenters. The Balaban J connectivity index is 0.786. The van der Waals surface area contributed by atoms with Gasteiger partial charge in [-0.1, -0.05) is 188 Å². The molecule has 8 heteroatoms. The predicted octanol–water partition coefficient (Wildman–Crippen LogP) is 19.4. The maximum Gasteiger partial charge on any atom is 0.333 e. The summed E-state index contributed by atoms with van der Waals surface area (Å²) in [6.07, 6.45) is 0. The van der Waals surface area contributed by atoms with E-state index in [1.54, 1.807) is 0 Å². The van der Waals surface area contributed by atoms with E-state index in [9.17, 15) is 0 Å². The number of fused-ring (bicyclic) bond motifs is 23. The molecule has 0 saturated carbocycles. The second kappa shape index (κ2) is 16.7. The van der Waals surface area contributed by atoms with Gasteiger partial charge in [-0.05, 0) is 154 Å². The number of anilines is 6. The van der Waals surface area contributed by atoms with Crippen LogP contribution >= 0.6 is 22.7 Å². The quantitative estimate of drug-likeness (QED) is 0.164. The van der Waals surface area contributed by atoms with Crippen LogP contribution in [-0.4, -0.2) is 22.7 Å². The Morgan fingerprint density at radius 2 is 0.886 bits per heavy atom. The van der Waals surface area contributed by atoms with Crippen molar-refractivity contribution in [2.75, 3.05) is 9.80 Å². The van der Waals surface area contributed by atoms with Crippen molar-refractivity contribution in [2.24, 2.45) is 0 Å². The summed E-state index contributed by atoms with van der Waals surface area (Å²) in [5, 5.41) is 22.2. The molecule has 402 valence electrons. The number of thiophene rings is 2. The van der Waals surface area contributed by atoms with Crippen LogP contribution in [0.1, 0.15) is 0 Å². The summed E-state index contributed by atoms with van der Waals surface area (Å²) in [5.41, 5.74) is 25.6. The molecule has 0 N–H and O–H groups in total. The average molecular weight is 1150 g/mol. The standard InChI is InChI=1S/C80H44B2N4S2/c1-2-15-47-40-54(30-27-45(47)13-1)83-68-42-49-17-4-3-16-48(49)41-64(68)82-74-69(83)43-52-35-37-88-80(52)73(74)62-33-32-56(71-60-21-8-10-25-67(60)86(82)78(62)71)51-28-31-55-50(39-51)18-11-26-65(55)84-70-44-53-36-38-87-79(53)72-61-23-12-22-59-58-20-7-9-24-66(58)85(76(59)61)81(75(70)72)63-34-29-46-14-5-6-19-57(46)77(63)84/h1-44H. The van der Waals surface area contributed by atoms with Crippen molar-refractivity contribution in [3.63, 3.8) is 0 Å². The Hall–Kier alpha value is -10.6. The van der Waals surface area contributed by atoms with Crippen LogP contribution in [0.4, 0.5) is 34.1 Å². The lowest BCUT2D eigenvalue weighted by Gasteiger charge is -2.41. The molecule has 22 rings (SSSR count). The van der Waals surface area contributed by atoms with Gasteiger partial charge in [0.15, 0.2) is 0 Å². The minimum Gasteiger partial charge on any atom is -0.375 e. The lowest BCUT2D eigenvalue weighted by atomic mass is 9.45. The lowest BCUT2D eigenvalue weighted by molar-refractivity contribution is 1.27. The maximum atomic E-state index is 2.73. The molecule has 4 aliphatic heterocycles. The van der Waals surface area contributed by atoms with E-state index < -0.39 is 0 Å². The van der Waals surface area contributed by atoms with Gasteiger partial charge in [-0.25, -0.2) is 0 Å². The first-order valence-corrected chi connectivity index (χ1v) is 32.3. The Morgan fingerprint density at radius 1 is 0.307 bits per heavy atom. The molecule has 4 aromatic heterocycles. The van der Waals surface area contributed by atoms with Gasteiger partial charge in [-0.15, -0.1) is 22.7 Å². The third kappa shape index (κ3) is 5.79. The highest BCUT2D eigenvalue weighted by Gasteiger charge is 2.46. The van der Waals surface area contributed by atoms with Crippen LogP contribution in [0, 0.1) is 0 Å². The highest BCUT2D eigenvalue weighted by Crippen LogP contribution is 2.54. The molecule has 0 aliphatic carbocycles. The molecule has 4 nitrogen and oxygen atoms in total. The smallest absolute Gasteiger partial charge is 0.333 e. The Kier molecular flexibility index (Phi) is 8.83. The highest BCUT2D eigenvalue weighted by atomic mass is 32.1. The van der Waals surface area contributed by atoms with Crippen molar-refractivity contribution in [1.82, 2.24) is 8.96 Å². The zero-order valence-electron chi connectivity index (χ0n) is 47.2. The molecule has 0 fully saturated rings. The minimum atomic E-state index is -0.0880. The predicted molar refractivity (Wildman–Crippen MR) is 380 cm³/mol. The largest absolute Gasteiger partial charge is 0.375 e. The van der Waals surface area contributed by atoms with E-state index >= 15 is 0 Å². The molecule has 0 radical (unpaired) electrons. The van der Waals surface area contributed by atoms with E-state index in [4.69, 9.17) is 0 Å². The average Bonchev–Trinajstić information content (AvgIpc) is 1.37. The van der Waals surface area contributed by atoms with E-state index in [1.165, 1.54) is 196 Å². The van der Waals surface area contributed by atoms with Gasteiger partial charge in [0.25, 0.3) is 0 Å². The van der Waals surface area contributed by atoms with E-state index in [0.717, 1.165) is 0 Å². The number of aromatic nitrogens is 2. The number of benzene rings is 14. The van der Waals surface area contributed by atoms with E-state index in [2.05, 4.69) is 284 Å². The second-order valence-corrected chi connectivity index (χ2v) is 26.4. The fourth-order valence-corrected chi connectivity index (χ4v) is 18.9. The molecule has 18 aromatic rings. The summed E-state index contributed by atoms with van der Waals surface area (Å²) >= 11 is 3.75. The van der Waals surface area contributed by atoms with Gasteiger partial charge in [-0.2, -0.15) is 0 Å². The van der Waals surface area contributed by atoms with Crippen molar-refractivity contribution in [2.45, 2.75) is 0 Å². The van der Waals surface area contributed by atoms with Gasteiger partial charge in [0.05, 0.1) is 11.4 Å². The van der Waals surface area contributed by atoms with Crippen molar-refractivity contribution < 1.29 is 0 Å². The number of hydrogen-bond acceptors (Lipinski definition) is 4. The Labute approximate surface area is 513 Å². The van der Waals surface area contributed by atoms with Gasteiger partial charge < -0.3 is 18.8 Å². The first-order chi connectivity index (χ1) is 43.7. The van der Waals surface area contributed by atoms with Crippen LogP contribution < -0.4 is 31.7 Å².